The highest BCUT2D eigenvalue weighted by atomic mass is 19.4. The lowest BCUT2D eigenvalue weighted by Gasteiger charge is -2.23. The minimum atomic E-state index is -4.76. The summed E-state index contributed by atoms with van der Waals surface area (Å²) < 4.78 is 42.8. The molecule has 1 aliphatic rings. The summed E-state index contributed by atoms with van der Waals surface area (Å²) in [4.78, 5) is 20.7. The molecule has 0 atom stereocenters. The second-order valence-electron chi connectivity index (χ2n) is 7.77. The lowest BCUT2D eigenvalue weighted by atomic mass is 10.2. The molecule has 2 aromatic heterocycles. The molecule has 0 bridgehead atoms. The molecule has 33 heavy (non-hydrogen) atoms. The van der Waals surface area contributed by atoms with E-state index in [0.29, 0.717) is 30.9 Å². The van der Waals surface area contributed by atoms with Crippen molar-refractivity contribution in [3.63, 3.8) is 0 Å². The third kappa shape index (κ3) is 4.53. The van der Waals surface area contributed by atoms with Gasteiger partial charge in [0.1, 0.15) is 11.9 Å². The van der Waals surface area contributed by atoms with Crippen LogP contribution in [0.1, 0.15) is 33.6 Å². The third-order valence-electron chi connectivity index (χ3n) is 5.54. The first kappa shape index (κ1) is 22.3. The summed E-state index contributed by atoms with van der Waals surface area (Å²) in [6, 6.07) is 11.9. The highest BCUT2D eigenvalue weighted by Crippen LogP contribution is 2.34. The molecule has 10 heteroatoms. The van der Waals surface area contributed by atoms with Crippen molar-refractivity contribution >= 4 is 11.7 Å². The maximum absolute atomic E-state index is 14.0. The fraction of sp³-hybridized carbons (Fsp3) is 0.304. The Morgan fingerprint density at radius 1 is 1.09 bits per heavy atom. The normalized spacial score (nSPS) is 14.6. The Labute approximate surface area is 188 Å². The summed E-state index contributed by atoms with van der Waals surface area (Å²) in [5.41, 5.74) is -0.0254. The van der Waals surface area contributed by atoms with Crippen LogP contribution in [0, 0.1) is 18.3 Å². The summed E-state index contributed by atoms with van der Waals surface area (Å²) >= 11 is 0. The van der Waals surface area contributed by atoms with Gasteiger partial charge in [-0.2, -0.15) is 23.5 Å². The van der Waals surface area contributed by atoms with Gasteiger partial charge in [-0.3, -0.25) is 4.79 Å². The van der Waals surface area contributed by atoms with E-state index >= 15 is 0 Å². The highest BCUT2D eigenvalue weighted by Gasteiger charge is 2.41. The number of pyridine rings is 1. The minimum absolute atomic E-state index is 0.202. The number of benzene rings is 1. The Hall–Kier alpha value is -3.87. The van der Waals surface area contributed by atoms with Crippen LogP contribution in [0.4, 0.5) is 19.0 Å². The molecule has 0 spiro atoms. The SMILES string of the molecule is Cc1ccc(-n2ncc(C(=O)N3CCCN(c4ncccc4C#N)CC3)c2C(F)(F)F)cc1. The molecule has 4 rings (SSSR count). The number of halogens is 3. The van der Waals surface area contributed by atoms with Gasteiger partial charge in [0.25, 0.3) is 5.91 Å². The average Bonchev–Trinajstić information content (AvgIpc) is 3.11. The summed E-state index contributed by atoms with van der Waals surface area (Å²) in [6.07, 6.45) is -1.67. The van der Waals surface area contributed by atoms with Crippen LogP contribution in [-0.2, 0) is 6.18 Å². The van der Waals surface area contributed by atoms with Crippen LogP contribution in [-0.4, -0.2) is 51.8 Å². The van der Waals surface area contributed by atoms with Crippen molar-refractivity contribution in [3.8, 4) is 11.8 Å². The first-order valence-electron chi connectivity index (χ1n) is 10.4. The van der Waals surface area contributed by atoms with Gasteiger partial charge in [-0.25, -0.2) is 9.67 Å². The third-order valence-corrected chi connectivity index (χ3v) is 5.54. The molecule has 1 amide bonds. The lowest BCUT2D eigenvalue weighted by molar-refractivity contribution is -0.143. The molecule has 1 saturated heterocycles. The maximum atomic E-state index is 14.0. The smallest absolute Gasteiger partial charge is 0.354 e. The van der Waals surface area contributed by atoms with Crippen molar-refractivity contribution in [3.05, 3.63) is 71.2 Å². The van der Waals surface area contributed by atoms with Crippen LogP contribution < -0.4 is 4.90 Å². The van der Waals surface area contributed by atoms with Crippen LogP contribution in [0.2, 0.25) is 0 Å². The monoisotopic (exact) mass is 454 g/mol. The van der Waals surface area contributed by atoms with Gasteiger partial charge in [0.05, 0.1) is 23.0 Å². The quantitative estimate of drug-likeness (QED) is 0.601. The molecule has 0 saturated carbocycles. The Morgan fingerprint density at radius 2 is 1.85 bits per heavy atom. The Bertz CT molecular complexity index is 1200. The molecule has 7 nitrogen and oxygen atoms in total. The van der Waals surface area contributed by atoms with Crippen LogP contribution in [0.5, 0.6) is 0 Å². The number of nitrogens with zero attached hydrogens (tertiary/aromatic N) is 6. The number of nitriles is 1. The number of alkyl halides is 3. The topological polar surface area (TPSA) is 78.1 Å². The Morgan fingerprint density at radius 3 is 2.55 bits per heavy atom. The van der Waals surface area contributed by atoms with Crippen molar-refractivity contribution in [1.82, 2.24) is 19.7 Å². The molecule has 1 fully saturated rings. The van der Waals surface area contributed by atoms with Crippen molar-refractivity contribution in [2.24, 2.45) is 0 Å². The predicted octanol–water partition coefficient (Wildman–Crippen LogP) is 3.82. The van der Waals surface area contributed by atoms with Gasteiger partial charge in [0.15, 0.2) is 5.69 Å². The summed E-state index contributed by atoms with van der Waals surface area (Å²) in [5.74, 6) is -0.207. The average molecular weight is 454 g/mol. The van der Waals surface area contributed by atoms with Gasteiger partial charge in [-0.1, -0.05) is 17.7 Å². The number of carbonyl (C=O) groups excluding carboxylic acids is 1. The number of anilines is 1. The van der Waals surface area contributed by atoms with Crippen LogP contribution in [0.3, 0.4) is 0 Å². The zero-order valence-corrected chi connectivity index (χ0v) is 17.9. The Balaban J connectivity index is 1.61. The fourth-order valence-electron chi connectivity index (χ4n) is 3.90. The van der Waals surface area contributed by atoms with Gasteiger partial charge in [-0.05, 0) is 37.6 Å². The molecule has 0 aliphatic carbocycles. The molecule has 3 heterocycles. The zero-order chi connectivity index (χ0) is 23.6. The second kappa shape index (κ2) is 8.94. The number of amides is 1. The molecule has 170 valence electrons. The molecular weight excluding hydrogens is 433 g/mol. The van der Waals surface area contributed by atoms with E-state index in [1.807, 2.05) is 11.8 Å². The van der Waals surface area contributed by atoms with Gasteiger partial charge in [-0.15, -0.1) is 0 Å². The number of hydrogen-bond donors (Lipinski definition) is 0. The molecule has 0 N–H and O–H groups in total. The number of aryl methyl sites for hydroxylation is 1. The first-order chi connectivity index (χ1) is 15.8. The van der Waals surface area contributed by atoms with E-state index in [1.54, 1.807) is 30.5 Å². The molecule has 0 unspecified atom stereocenters. The van der Waals surface area contributed by atoms with Crippen molar-refractivity contribution < 1.29 is 18.0 Å². The van der Waals surface area contributed by atoms with E-state index in [2.05, 4.69) is 16.2 Å². The fourth-order valence-corrected chi connectivity index (χ4v) is 3.90. The molecular formula is C23H21F3N6O. The highest BCUT2D eigenvalue weighted by molar-refractivity contribution is 5.95. The van der Waals surface area contributed by atoms with Gasteiger partial charge < -0.3 is 9.80 Å². The van der Waals surface area contributed by atoms with E-state index in [1.165, 1.54) is 17.0 Å². The molecule has 1 aliphatic heterocycles. The minimum Gasteiger partial charge on any atom is -0.354 e. The van der Waals surface area contributed by atoms with Crippen molar-refractivity contribution in [2.75, 3.05) is 31.1 Å². The van der Waals surface area contributed by atoms with Crippen molar-refractivity contribution in [1.29, 1.82) is 5.26 Å². The number of rotatable bonds is 3. The lowest BCUT2D eigenvalue weighted by Crippen LogP contribution is -2.36. The Kier molecular flexibility index (Phi) is 6.05. The van der Waals surface area contributed by atoms with E-state index < -0.39 is 23.3 Å². The second-order valence-corrected chi connectivity index (χ2v) is 7.77. The van der Waals surface area contributed by atoms with Gasteiger partial charge in [0.2, 0.25) is 0 Å². The summed E-state index contributed by atoms with van der Waals surface area (Å²) in [7, 11) is 0. The van der Waals surface area contributed by atoms with Crippen LogP contribution in [0.15, 0.2) is 48.8 Å². The first-order valence-corrected chi connectivity index (χ1v) is 10.4. The van der Waals surface area contributed by atoms with E-state index in [9.17, 15) is 23.2 Å². The van der Waals surface area contributed by atoms with Gasteiger partial charge in [0, 0.05) is 32.4 Å². The number of hydrogen-bond acceptors (Lipinski definition) is 5. The van der Waals surface area contributed by atoms with Crippen LogP contribution in [0.25, 0.3) is 5.69 Å². The molecule has 1 aromatic carbocycles. The summed E-state index contributed by atoms with van der Waals surface area (Å²) in [5, 5.41) is 13.2. The van der Waals surface area contributed by atoms with Crippen LogP contribution >= 0.6 is 0 Å². The summed E-state index contributed by atoms with van der Waals surface area (Å²) in [6.45, 7) is 3.21. The predicted molar refractivity (Wildman–Crippen MR) is 115 cm³/mol. The van der Waals surface area contributed by atoms with E-state index in [0.717, 1.165) is 16.4 Å². The standard InChI is InChI=1S/C23H21F3N6O/c1-16-5-7-18(8-6-16)32-20(23(24,25)26)19(15-29-32)22(33)31-11-3-10-30(12-13-31)21-17(14-27)4-2-9-28-21/h2,4-9,15H,3,10-13H2,1H3. The van der Waals surface area contributed by atoms with Crippen molar-refractivity contribution in [2.45, 2.75) is 19.5 Å². The number of carbonyl (C=O) groups is 1. The maximum Gasteiger partial charge on any atom is 0.434 e. The van der Waals surface area contributed by atoms with E-state index in [4.69, 9.17) is 0 Å². The molecule has 3 aromatic rings. The number of aromatic nitrogens is 3. The van der Waals surface area contributed by atoms with E-state index in [-0.39, 0.29) is 18.8 Å². The molecule has 0 radical (unpaired) electrons. The zero-order valence-electron chi connectivity index (χ0n) is 17.9. The largest absolute Gasteiger partial charge is 0.434 e. The van der Waals surface area contributed by atoms with Gasteiger partial charge >= 0.3 is 6.18 Å².